The number of halogens is 1. The van der Waals surface area contributed by atoms with Crippen LogP contribution in [0.4, 0.5) is 0 Å². The summed E-state index contributed by atoms with van der Waals surface area (Å²) in [6.07, 6.45) is 4.11. The van der Waals surface area contributed by atoms with Crippen molar-refractivity contribution in [1.29, 1.82) is 0 Å². The third-order valence-corrected chi connectivity index (χ3v) is 4.40. The Morgan fingerprint density at radius 1 is 1.38 bits per heavy atom. The van der Waals surface area contributed by atoms with Crippen LogP contribution in [0.1, 0.15) is 47.6 Å². The molecular weight excluding hydrogens is 374 g/mol. The lowest BCUT2D eigenvalue weighted by Gasteiger charge is -2.08. The van der Waals surface area contributed by atoms with Crippen LogP contribution in [-0.4, -0.2) is 33.0 Å². The average molecular weight is 396 g/mol. The molecule has 0 unspecified atom stereocenters. The summed E-state index contributed by atoms with van der Waals surface area (Å²) in [7, 11) is 0. The zero-order chi connectivity index (χ0) is 17.9. The number of ketones is 1. The summed E-state index contributed by atoms with van der Waals surface area (Å²) >= 11 is 3.42. The van der Waals surface area contributed by atoms with Gasteiger partial charge in [0.2, 0.25) is 5.88 Å². The molecule has 0 saturated heterocycles. The molecule has 2 rings (SSSR count). The fourth-order valence-corrected chi connectivity index (χ4v) is 3.25. The van der Waals surface area contributed by atoms with Crippen molar-refractivity contribution in [2.75, 3.05) is 11.9 Å². The van der Waals surface area contributed by atoms with E-state index in [1.165, 1.54) is 0 Å². The van der Waals surface area contributed by atoms with Gasteiger partial charge < -0.3 is 14.9 Å². The van der Waals surface area contributed by atoms with Gasteiger partial charge in [0.05, 0.1) is 17.9 Å². The third-order valence-electron chi connectivity index (χ3n) is 3.84. The van der Waals surface area contributed by atoms with Crippen LogP contribution < -0.4 is 10.5 Å². The van der Waals surface area contributed by atoms with E-state index in [2.05, 4.69) is 20.9 Å². The van der Waals surface area contributed by atoms with Crippen LogP contribution in [0.3, 0.4) is 0 Å². The van der Waals surface area contributed by atoms with Crippen molar-refractivity contribution in [1.82, 2.24) is 9.38 Å². The molecule has 0 saturated carbocycles. The maximum atomic E-state index is 12.5. The van der Waals surface area contributed by atoms with E-state index in [1.54, 1.807) is 0 Å². The van der Waals surface area contributed by atoms with Crippen LogP contribution >= 0.6 is 15.9 Å². The van der Waals surface area contributed by atoms with E-state index in [0.29, 0.717) is 30.0 Å². The molecule has 0 atom stereocenters. The maximum Gasteiger partial charge on any atom is 0.289 e. The Kier molecular flexibility index (Phi) is 5.99. The molecule has 0 spiro atoms. The lowest BCUT2D eigenvalue weighted by molar-refractivity contribution is -0.114. The highest BCUT2D eigenvalue weighted by molar-refractivity contribution is 9.09. The molecule has 0 aliphatic rings. The van der Waals surface area contributed by atoms with E-state index in [4.69, 9.17) is 10.5 Å². The van der Waals surface area contributed by atoms with Gasteiger partial charge in [0.25, 0.3) is 11.7 Å². The quantitative estimate of drug-likeness (QED) is 0.422. The van der Waals surface area contributed by atoms with Crippen LogP contribution in [0.25, 0.3) is 5.52 Å². The van der Waals surface area contributed by atoms with E-state index in [9.17, 15) is 9.59 Å². The van der Waals surface area contributed by atoms with Crippen molar-refractivity contribution >= 4 is 33.1 Å². The highest BCUT2D eigenvalue weighted by Gasteiger charge is 2.28. The van der Waals surface area contributed by atoms with Crippen molar-refractivity contribution < 1.29 is 14.3 Å². The molecule has 0 aliphatic heterocycles. The SMILES string of the molecule is CCOc1nc(C)cn2c(CC)c(CCCBr)c(C(=O)C(N)=O)c12. The maximum absolute atomic E-state index is 12.5. The summed E-state index contributed by atoms with van der Waals surface area (Å²) in [4.78, 5) is 28.5. The molecule has 0 aromatic carbocycles. The van der Waals surface area contributed by atoms with Crippen molar-refractivity contribution in [3.8, 4) is 5.88 Å². The fourth-order valence-electron chi connectivity index (χ4n) is 2.97. The fraction of sp³-hybridized carbons (Fsp3) is 0.471. The largest absolute Gasteiger partial charge is 0.476 e. The zero-order valence-electron chi connectivity index (χ0n) is 14.2. The Hall–Kier alpha value is -1.89. The van der Waals surface area contributed by atoms with E-state index in [0.717, 1.165) is 35.1 Å². The number of hydrogen-bond acceptors (Lipinski definition) is 4. The first-order valence-electron chi connectivity index (χ1n) is 8.02. The highest BCUT2D eigenvalue weighted by atomic mass is 79.9. The van der Waals surface area contributed by atoms with Gasteiger partial charge in [0.15, 0.2) is 0 Å². The van der Waals surface area contributed by atoms with Gasteiger partial charge in [-0.15, -0.1) is 0 Å². The van der Waals surface area contributed by atoms with Crippen molar-refractivity contribution in [3.05, 3.63) is 28.7 Å². The van der Waals surface area contributed by atoms with Gasteiger partial charge in [-0.3, -0.25) is 9.59 Å². The lowest BCUT2D eigenvalue weighted by Crippen LogP contribution is -2.24. The Bertz CT molecular complexity index is 783. The number of aromatic nitrogens is 2. The van der Waals surface area contributed by atoms with Crippen molar-refractivity contribution in [2.45, 2.75) is 40.0 Å². The number of Topliss-reactive ketones (excluding diaryl/α,β-unsaturated/α-hetero) is 1. The monoisotopic (exact) mass is 395 g/mol. The van der Waals surface area contributed by atoms with E-state index < -0.39 is 11.7 Å². The number of nitrogens with zero attached hydrogens (tertiary/aromatic N) is 2. The van der Waals surface area contributed by atoms with Crippen LogP contribution in [0, 0.1) is 6.92 Å². The second-order valence-corrected chi connectivity index (χ2v) is 6.27. The first-order valence-corrected chi connectivity index (χ1v) is 9.14. The summed E-state index contributed by atoms with van der Waals surface area (Å²) < 4.78 is 7.57. The minimum absolute atomic E-state index is 0.330. The van der Waals surface area contributed by atoms with Crippen LogP contribution in [0.2, 0.25) is 0 Å². The number of hydrogen-bond donors (Lipinski definition) is 1. The van der Waals surface area contributed by atoms with E-state index in [1.807, 2.05) is 31.4 Å². The minimum atomic E-state index is -0.965. The molecule has 24 heavy (non-hydrogen) atoms. The number of ether oxygens (including phenoxy) is 1. The van der Waals surface area contributed by atoms with Gasteiger partial charge in [-0.05, 0) is 38.7 Å². The molecule has 0 radical (unpaired) electrons. The molecule has 2 aromatic rings. The molecular formula is C17H22BrN3O3. The average Bonchev–Trinajstić information content (AvgIpc) is 2.85. The third kappa shape index (κ3) is 3.31. The number of carbonyl (C=O) groups is 2. The van der Waals surface area contributed by atoms with Gasteiger partial charge in [-0.1, -0.05) is 22.9 Å². The normalized spacial score (nSPS) is 11.0. The number of primary amides is 1. The van der Waals surface area contributed by atoms with Gasteiger partial charge in [0.1, 0.15) is 5.52 Å². The Morgan fingerprint density at radius 2 is 2.08 bits per heavy atom. The molecule has 6 nitrogen and oxygen atoms in total. The predicted molar refractivity (Wildman–Crippen MR) is 96.1 cm³/mol. The van der Waals surface area contributed by atoms with Crippen LogP contribution in [0.15, 0.2) is 6.20 Å². The predicted octanol–water partition coefficient (Wildman–Crippen LogP) is 2.60. The van der Waals surface area contributed by atoms with Crippen molar-refractivity contribution in [3.63, 3.8) is 0 Å². The van der Waals surface area contributed by atoms with Crippen LogP contribution in [-0.2, 0) is 17.6 Å². The van der Waals surface area contributed by atoms with Crippen LogP contribution in [0.5, 0.6) is 5.88 Å². The zero-order valence-corrected chi connectivity index (χ0v) is 15.8. The molecule has 0 bridgehead atoms. The smallest absolute Gasteiger partial charge is 0.289 e. The molecule has 0 fully saturated rings. The standard InChI is InChI=1S/C17H22BrN3O3/c1-4-12-11(7-6-8-18)13(15(22)16(19)23)14-17(24-5-2)20-10(3)9-21(12)14/h9H,4-8H2,1-3H3,(H2,19,23). The Balaban J connectivity index is 2.89. The molecule has 2 N–H and O–H groups in total. The number of amides is 1. The molecule has 1 amide bonds. The molecule has 2 aromatic heterocycles. The van der Waals surface area contributed by atoms with Gasteiger partial charge >= 0.3 is 0 Å². The number of alkyl halides is 1. The second kappa shape index (κ2) is 7.79. The Morgan fingerprint density at radius 3 is 2.62 bits per heavy atom. The number of carbonyl (C=O) groups excluding carboxylic acids is 2. The molecule has 0 aliphatic carbocycles. The number of rotatable bonds is 8. The van der Waals surface area contributed by atoms with Gasteiger partial charge in [-0.2, -0.15) is 0 Å². The summed E-state index contributed by atoms with van der Waals surface area (Å²) in [6, 6.07) is 0. The van der Waals surface area contributed by atoms with Gasteiger partial charge in [0, 0.05) is 17.2 Å². The molecule has 2 heterocycles. The second-order valence-electron chi connectivity index (χ2n) is 5.48. The molecule has 130 valence electrons. The van der Waals surface area contributed by atoms with E-state index in [-0.39, 0.29) is 0 Å². The van der Waals surface area contributed by atoms with Crippen molar-refractivity contribution in [2.24, 2.45) is 5.73 Å². The number of aryl methyl sites for hydroxylation is 2. The topological polar surface area (TPSA) is 86.7 Å². The Labute approximate surface area is 149 Å². The summed E-state index contributed by atoms with van der Waals surface area (Å²) in [6.45, 7) is 6.16. The number of nitrogens with two attached hydrogens (primary N) is 1. The summed E-state index contributed by atoms with van der Waals surface area (Å²) in [5.74, 6) is -1.29. The first kappa shape index (κ1) is 18.4. The summed E-state index contributed by atoms with van der Waals surface area (Å²) in [5, 5.41) is 0.808. The minimum Gasteiger partial charge on any atom is -0.476 e. The summed E-state index contributed by atoms with van der Waals surface area (Å²) in [5.41, 5.74) is 8.78. The molecule has 7 heteroatoms. The highest BCUT2D eigenvalue weighted by Crippen LogP contribution is 2.32. The number of fused-ring (bicyclic) bond motifs is 1. The first-order chi connectivity index (χ1) is 11.5. The van der Waals surface area contributed by atoms with E-state index >= 15 is 0 Å². The van der Waals surface area contributed by atoms with Gasteiger partial charge in [-0.25, -0.2) is 4.98 Å². The lowest BCUT2D eigenvalue weighted by atomic mass is 10.00.